The van der Waals surface area contributed by atoms with Gasteiger partial charge in [0.1, 0.15) is 5.82 Å². The molecule has 124 valence electrons. The highest BCUT2D eigenvalue weighted by atomic mass is 32.2. The molecule has 24 heavy (non-hydrogen) atoms. The first-order chi connectivity index (χ1) is 11.5. The van der Waals surface area contributed by atoms with Crippen LogP contribution < -0.4 is 4.90 Å². The molecule has 3 rings (SSSR count). The van der Waals surface area contributed by atoms with Crippen molar-refractivity contribution < 1.29 is 4.39 Å². The van der Waals surface area contributed by atoms with Gasteiger partial charge in [0.15, 0.2) is 11.0 Å². The number of hydrogen-bond acceptors (Lipinski definition) is 4. The Labute approximate surface area is 145 Å². The summed E-state index contributed by atoms with van der Waals surface area (Å²) < 4.78 is 15.2. The van der Waals surface area contributed by atoms with Crippen LogP contribution in [0.1, 0.15) is 5.56 Å². The minimum atomic E-state index is -0.215. The van der Waals surface area contributed by atoms with Gasteiger partial charge in [0.05, 0.1) is 0 Å². The van der Waals surface area contributed by atoms with E-state index < -0.39 is 0 Å². The predicted molar refractivity (Wildman–Crippen MR) is 96.7 cm³/mol. The third kappa shape index (κ3) is 3.59. The largest absolute Gasteiger partial charge is 0.378 e. The lowest BCUT2D eigenvalue weighted by molar-refractivity contribution is 0.626. The van der Waals surface area contributed by atoms with E-state index in [1.54, 1.807) is 23.9 Å². The maximum Gasteiger partial charge on any atom is 0.191 e. The Bertz CT molecular complexity index is 827. The number of rotatable bonds is 5. The summed E-state index contributed by atoms with van der Waals surface area (Å²) in [5.74, 6) is 1.26. The molecule has 4 nitrogen and oxygen atoms in total. The third-order valence-corrected chi connectivity index (χ3v) is 4.83. The fourth-order valence-corrected chi connectivity index (χ4v) is 3.23. The predicted octanol–water partition coefficient (Wildman–Crippen LogP) is 3.98. The highest BCUT2D eigenvalue weighted by Crippen LogP contribution is 2.26. The van der Waals surface area contributed by atoms with Crippen LogP contribution in [0.5, 0.6) is 0 Å². The molecule has 0 aliphatic carbocycles. The number of halogens is 1. The molecule has 0 radical (unpaired) electrons. The maximum absolute atomic E-state index is 13.2. The van der Waals surface area contributed by atoms with Crippen LogP contribution in [-0.2, 0) is 12.8 Å². The highest BCUT2D eigenvalue weighted by molar-refractivity contribution is 7.98. The molecule has 0 atom stereocenters. The minimum Gasteiger partial charge on any atom is -0.378 e. The van der Waals surface area contributed by atoms with Gasteiger partial charge >= 0.3 is 0 Å². The van der Waals surface area contributed by atoms with E-state index in [9.17, 15) is 4.39 Å². The molecular weight excluding hydrogens is 323 g/mol. The van der Waals surface area contributed by atoms with Crippen molar-refractivity contribution in [1.82, 2.24) is 14.8 Å². The Morgan fingerprint density at radius 1 is 1.08 bits per heavy atom. The molecular formula is C18H19FN4S. The van der Waals surface area contributed by atoms with Crippen LogP contribution in [0.15, 0.2) is 53.7 Å². The van der Waals surface area contributed by atoms with Crippen molar-refractivity contribution in [3.63, 3.8) is 0 Å². The van der Waals surface area contributed by atoms with Gasteiger partial charge in [0.25, 0.3) is 0 Å². The van der Waals surface area contributed by atoms with Crippen LogP contribution in [0, 0.1) is 5.82 Å². The second-order valence-corrected chi connectivity index (χ2v) is 6.67. The van der Waals surface area contributed by atoms with Crippen molar-refractivity contribution in [3.8, 4) is 11.4 Å². The summed E-state index contributed by atoms with van der Waals surface area (Å²) in [6.45, 7) is 0. The van der Waals surface area contributed by atoms with Gasteiger partial charge in [-0.25, -0.2) is 4.39 Å². The third-order valence-electron chi connectivity index (χ3n) is 3.73. The lowest BCUT2D eigenvalue weighted by Crippen LogP contribution is -2.08. The molecule has 3 aromatic rings. The van der Waals surface area contributed by atoms with E-state index in [0.717, 1.165) is 27.8 Å². The molecule has 0 N–H and O–H groups in total. The summed E-state index contributed by atoms with van der Waals surface area (Å²) in [5.41, 5.74) is 3.09. The van der Waals surface area contributed by atoms with Crippen LogP contribution in [0.2, 0.25) is 0 Å². The number of aromatic nitrogens is 3. The van der Waals surface area contributed by atoms with E-state index in [1.807, 2.05) is 43.9 Å². The van der Waals surface area contributed by atoms with Crippen molar-refractivity contribution >= 4 is 17.4 Å². The molecule has 0 aliphatic rings. The van der Waals surface area contributed by atoms with Gasteiger partial charge in [-0.3, -0.25) is 0 Å². The van der Waals surface area contributed by atoms with E-state index in [-0.39, 0.29) is 5.82 Å². The number of thioether (sulfide) groups is 1. The van der Waals surface area contributed by atoms with Crippen molar-refractivity contribution in [1.29, 1.82) is 0 Å². The molecule has 0 fully saturated rings. The molecule has 0 spiro atoms. The summed E-state index contributed by atoms with van der Waals surface area (Å²) in [6, 6.07) is 14.8. The zero-order chi connectivity index (χ0) is 17.1. The molecule has 0 bridgehead atoms. The van der Waals surface area contributed by atoms with Crippen LogP contribution in [0.4, 0.5) is 10.1 Å². The molecule has 1 aromatic heterocycles. The number of anilines is 1. The van der Waals surface area contributed by atoms with E-state index in [0.29, 0.717) is 5.75 Å². The highest BCUT2D eigenvalue weighted by Gasteiger charge is 2.11. The maximum atomic E-state index is 13.2. The van der Waals surface area contributed by atoms with E-state index in [4.69, 9.17) is 0 Å². The second kappa shape index (κ2) is 7.05. The van der Waals surface area contributed by atoms with E-state index in [2.05, 4.69) is 27.2 Å². The van der Waals surface area contributed by atoms with Crippen LogP contribution in [0.25, 0.3) is 11.4 Å². The first kappa shape index (κ1) is 16.5. The fourth-order valence-electron chi connectivity index (χ4n) is 2.38. The van der Waals surface area contributed by atoms with Crippen molar-refractivity contribution in [3.05, 3.63) is 59.9 Å². The molecule has 0 amide bonds. The van der Waals surface area contributed by atoms with Gasteiger partial charge in [-0.15, -0.1) is 10.2 Å². The zero-order valence-corrected chi connectivity index (χ0v) is 14.7. The molecule has 0 saturated carbocycles. The summed E-state index contributed by atoms with van der Waals surface area (Å²) in [4.78, 5) is 2.06. The van der Waals surface area contributed by atoms with Crippen LogP contribution >= 0.6 is 11.8 Å². The lowest BCUT2D eigenvalue weighted by atomic mass is 10.2. The zero-order valence-electron chi connectivity index (χ0n) is 13.9. The Hall–Kier alpha value is -2.34. The van der Waals surface area contributed by atoms with Crippen molar-refractivity contribution in [2.24, 2.45) is 7.05 Å². The quantitative estimate of drug-likeness (QED) is 0.657. The van der Waals surface area contributed by atoms with Crippen LogP contribution in [0.3, 0.4) is 0 Å². The summed E-state index contributed by atoms with van der Waals surface area (Å²) in [6.07, 6.45) is 0. The lowest BCUT2D eigenvalue weighted by Gasteiger charge is -2.12. The second-order valence-electron chi connectivity index (χ2n) is 5.73. The van der Waals surface area contributed by atoms with Crippen molar-refractivity contribution in [2.45, 2.75) is 10.9 Å². The Morgan fingerprint density at radius 2 is 1.83 bits per heavy atom. The Balaban J connectivity index is 1.76. The molecule has 6 heteroatoms. The Kier molecular flexibility index (Phi) is 4.85. The fraction of sp³-hybridized carbons (Fsp3) is 0.222. The Morgan fingerprint density at radius 3 is 2.50 bits per heavy atom. The normalized spacial score (nSPS) is 10.8. The average molecular weight is 342 g/mol. The summed E-state index contributed by atoms with van der Waals surface area (Å²) in [5, 5.41) is 9.36. The SMILES string of the molecule is CN(C)c1ccc(-c2nnc(SCc3cccc(F)c3)n2C)cc1. The van der Waals surface area contributed by atoms with Gasteiger partial charge in [0, 0.05) is 38.1 Å². The van der Waals surface area contributed by atoms with Gasteiger partial charge < -0.3 is 9.47 Å². The first-order valence-electron chi connectivity index (χ1n) is 7.59. The monoisotopic (exact) mass is 342 g/mol. The van der Waals surface area contributed by atoms with Gasteiger partial charge in [-0.2, -0.15) is 0 Å². The molecule has 0 aliphatic heterocycles. The van der Waals surface area contributed by atoms with Crippen LogP contribution in [-0.4, -0.2) is 28.9 Å². The van der Waals surface area contributed by atoms with Gasteiger partial charge in [-0.1, -0.05) is 23.9 Å². The standard InChI is InChI=1S/C18H19FN4S/c1-22(2)16-9-7-14(8-10-16)17-20-21-18(23(17)3)24-12-13-5-4-6-15(19)11-13/h4-11H,12H2,1-3H3. The molecule has 0 unspecified atom stereocenters. The molecule has 2 aromatic carbocycles. The van der Waals surface area contributed by atoms with E-state index >= 15 is 0 Å². The van der Waals surface area contributed by atoms with Gasteiger partial charge in [0.2, 0.25) is 0 Å². The minimum absolute atomic E-state index is 0.215. The summed E-state index contributed by atoms with van der Waals surface area (Å²) in [7, 11) is 5.97. The average Bonchev–Trinajstić information content (AvgIpc) is 2.94. The number of nitrogens with zero attached hydrogens (tertiary/aromatic N) is 4. The summed E-state index contributed by atoms with van der Waals surface area (Å²) >= 11 is 1.55. The first-order valence-corrected chi connectivity index (χ1v) is 8.57. The van der Waals surface area contributed by atoms with E-state index in [1.165, 1.54) is 6.07 Å². The topological polar surface area (TPSA) is 34.0 Å². The number of benzene rings is 2. The number of hydrogen-bond donors (Lipinski definition) is 0. The van der Waals surface area contributed by atoms with Gasteiger partial charge in [-0.05, 0) is 42.0 Å². The molecule has 0 saturated heterocycles. The molecule has 1 heterocycles. The van der Waals surface area contributed by atoms with Crippen molar-refractivity contribution in [2.75, 3.05) is 19.0 Å². The smallest absolute Gasteiger partial charge is 0.191 e.